The van der Waals surface area contributed by atoms with E-state index in [0.717, 1.165) is 18.5 Å². The van der Waals surface area contributed by atoms with Gasteiger partial charge in [-0.05, 0) is 42.5 Å². The first-order valence-electron chi connectivity index (χ1n) is 11.5. The Morgan fingerprint density at radius 1 is 1.09 bits per heavy atom. The Bertz CT molecular complexity index is 1180. The maximum atomic E-state index is 13.2. The number of rotatable bonds is 7. The normalized spacial score (nSPS) is 16.3. The lowest BCUT2D eigenvalue weighted by Gasteiger charge is -2.35. The van der Waals surface area contributed by atoms with Crippen molar-refractivity contribution in [3.05, 3.63) is 70.2 Å². The van der Waals surface area contributed by atoms with E-state index in [4.69, 9.17) is 0 Å². The van der Waals surface area contributed by atoms with Crippen LogP contribution in [0.3, 0.4) is 0 Å². The van der Waals surface area contributed by atoms with Gasteiger partial charge in [0.25, 0.3) is 11.8 Å². The van der Waals surface area contributed by atoms with Crippen LogP contribution in [0, 0.1) is 5.92 Å². The first-order chi connectivity index (χ1) is 16.5. The van der Waals surface area contributed by atoms with Gasteiger partial charge in [0.15, 0.2) is 0 Å². The minimum Gasteiger partial charge on any atom is -0.371 e. The molecule has 0 saturated carbocycles. The second-order valence-electron chi connectivity index (χ2n) is 8.77. The first kappa shape index (κ1) is 22.3. The van der Waals surface area contributed by atoms with Crippen LogP contribution in [0.4, 0.5) is 5.69 Å². The Labute approximate surface area is 202 Å². The summed E-state index contributed by atoms with van der Waals surface area (Å²) in [5.41, 5.74) is 1.72. The molecule has 0 aliphatic carbocycles. The van der Waals surface area contributed by atoms with Gasteiger partial charge in [-0.1, -0.05) is 12.1 Å². The Kier molecular flexibility index (Phi) is 6.19. The highest BCUT2D eigenvalue weighted by Crippen LogP contribution is 2.34. The van der Waals surface area contributed by atoms with E-state index in [0.29, 0.717) is 37.3 Å². The predicted octanol–water partition coefficient (Wildman–Crippen LogP) is 3.12. The fourth-order valence-electron chi connectivity index (χ4n) is 4.81. The predicted molar refractivity (Wildman–Crippen MR) is 130 cm³/mol. The van der Waals surface area contributed by atoms with Gasteiger partial charge in [-0.3, -0.25) is 24.0 Å². The lowest BCUT2D eigenvalue weighted by Crippen LogP contribution is -2.41. The molecular formula is C25H27N5O3S. The zero-order chi connectivity index (χ0) is 23.7. The van der Waals surface area contributed by atoms with Gasteiger partial charge in [-0.15, -0.1) is 11.3 Å². The molecule has 0 N–H and O–H groups in total. The molecule has 0 unspecified atom stereocenters. The smallest absolute Gasteiger partial charge is 0.263 e. The van der Waals surface area contributed by atoms with Gasteiger partial charge < -0.3 is 9.80 Å². The van der Waals surface area contributed by atoms with Gasteiger partial charge in [0, 0.05) is 49.9 Å². The minimum atomic E-state index is -0.255. The monoisotopic (exact) mass is 477 g/mol. The minimum absolute atomic E-state index is 0.0270. The summed E-state index contributed by atoms with van der Waals surface area (Å²) in [6.07, 6.45) is 4.94. The molecule has 176 valence electrons. The number of piperidine rings is 1. The Hall–Kier alpha value is -3.46. The van der Waals surface area contributed by atoms with Crippen molar-refractivity contribution in [1.29, 1.82) is 0 Å². The number of benzene rings is 1. The van der Waals surface area contributed by atoms with E-state index >= 15 is 0 Å². The van der Waals surface area contributed by atoms with E-state index in [1.807, 2.05) is 53.9 Å². The summed E-state index contributed by atoms with van der Waals surface area (Å²) in [5.74, 6) is -0.367. The van der Waals surface area contributed by atoms with E-state index < -0.39 is 0 Å². The summed E-state index contributed by atoms with van der Waals surface area (Å²) >= 11 is 1.66. The third-order valence-electron chi connectivity index (χ3n) is 6.62. The number of imide groups is 1. The molecule has 1 fully saturated rings. The molecule has 4 heterocycles. The van der Waals surface area contributed by atoms with Crippen molar-refractivity contribution in [2.75, 3.05) is 31.6 Å². The summed E-state index contributed by atoms with van der Waals surface area (Å²) in [5, 5.41) is 6.17. The fraction of sp³-hybridized carbons (Fsp3) is 0.360. The number of aromatic nitrogens is 2. The lowest BCUT2D eigenvalue weighted by atomic mass is 9.94. The molecule has 0 spiro atoms. The molecule has 3 aromatic rings. The van der Waals surface area contributed by atoms with E-state index in [9.17, 15) is 14.4 Å². The molecule has 1 saturated heterocycles. The number of thiophene rings is 1. The number of carbonyl (C=O) groups is 3. The Morgan fingerprint density at radius 2 is 1.91 bits per heavy atom. The maximum Gasteiger partial charge on any atom is 0.263 e. The zero-order valence-corrected chi connectivity index (χ0v) is 19.9. The molecule has 9 heteroatoms. The number of carbonyl (C=O) groups excluding carboxylic acids is 3. The molecular weight excluding hydrogens is 450 g/mol. The van der Waals surface area contributed by atoms with Crippen LogP contribution in [0.5, 0.6) is 0 Å². The van der Waals surface area contributed by atoms with Crippen molar-refractivity contribution in [3.8, 4) is 0 Å². The molecule has 2 aliphatic rings. The quantitative estimate of drug-likeness (QED) is 0.489. The third kappa shape index (κ3) is 4.23. The topological polar surface area (TPSA) is 78.8 Å². The highest BCUT2D eigenvalue weighted by molar-refractivity contribution is 7.09. The van der Waals surface area contributed by atoms with Gasteiger partial charge in [-0.25, -0.2) is 0 Å². The van der Waals surface area contributed by atoms with E-state index in [1.54, 1.807) is 28.3 Å². The molecule has 0 radical (unpaired) electrons. The highest BCUT2D eigenvalue weighted by Gasteiger charge is 2.39. The standard InChI is InChI=1S/C25H27N5O3S/c1-27(17-19-5-3-16-34-19)23(31)18-8-12-28(13-9-18)21-7-2-6-20-22(21)25(33)30(24(20)32)15-14-29-11-4-10-26-29/h2-7,10-11,16,18H,8-9,12-15,17H2,1H3. The van der Waals surface area contributed by atoms with Crippen molar-refractivity contribution >= 4 is 34.7 Å². The average molecular weight is 478 g/mol. The van der Waals surface area contributed by atoms with E-state index in [1.165, 1.54) is 9.78 Å². The molecule has 34 heavy (non-hydrogen) atoms. The average Bonchev–Trinajstić information content (AvgIpc) is 3.61. The van der Waals surface area contributed by atoms with Crippen LogP contribution in [-0.4, -0.2) is 64.0 Å². The second kappa shape index (κ2) is 9.42. The van der Waals surface area contributed by atoms with Crippen LogP contribution in [0.2, 0.25) is 0 Å². The van der Waals surface area contributed by atoms with Crippen LogP contribution in [0.15, 0.2) is 54.2 Å². The summed E-state index contributed by atoms with van der Waals surface area (Å²) in [6.45, 7) is 2.72. The van der Waals surface area contributed by atoms with Crippen molar-refractivity contribution in [2.45, 2.75) is 25.9 Å². The van der Waals surface area contributed by atoms with Crippen molar-refractivity contribution < 1.29 is 14.4 Å². The number of amides is 3. The molecule has 0 bridgehead atoms. The van der Waals surface area contributed by atoms with Gasteiger partial charge in [-0.2, -0.15) is 5.10 Å². The van der Waals surface area contributed by atoms with Crippen LogP contribution < -0.4 is 4.90 Å². The molecule has 2 aliphatic heterocycles. The van der Waals surface area contributed by atoms with Gasteiger partial charge >= 0.3 is 0 Å². The van der Waals surface area contributed by atoms with E-state index in [2.05, 4.69) is 10.00 Å². The van der Waals surface area contributed by atoms with E-state index in [-0.39, 0.29) is 30.2 Å². The Morgan fingerprint density at radius 3 is 2.62 bits per heavy atom. The number of fused-ring (bicyclic) bond motifs is 1. The number of hydrogen-bond acceptors (Lipinski definition) is 6. The lowest BCUT2D eigenvalue weighted by molar-refractivity contribution is -0.135. The SMILES string of the molecule is CN(Cc1cccs1)C(=O)C1CCN(c2cccc3c2C(=O)N(CCn2cccn2)C3=O)CC1. The fourth-order valence-corrected chi connectivity index (χ4v) is 5.57. The van der Waals surface area contributed by atoms with Gasteiger partial charge in [0.1, 0.15) is 0 Å². The van der Waals surface area contributed by atoms with Gasteiger partial charge in [0.2, 0.25) is 5.91 Å². The summed E-state index contributed by atoms with van der Waals surface area (Å²) < 4.78 is 1.71. The molecule has 0 atom stereocenters. The molecule has 5 rings (SSSR count). The van der Waals surface area contributed by atoms with Crippen molar-refractivity contribution in [3.63, 3.8) is 0 Å². The summed E-state index contributed by atoms with van der Waals surface area (Å²) in [6, 6.07) is 11.3. The maximum absolute atomic E-state index is 13.2. The highest BCUT2D eigenvalue weighted by atomic mass is 32.1. The number of nitrogens with zero attached hydrogens (tertiary/aromatic N) is 5. The second-order valence-corrected chi connectivity index (χ2v) is 9.80. The first-order valence-corrected chi connectivity index (χ1v) is 12.4. The molecule has 3 amide bonds. The van der Waals surface area contributed by atoms with Crippen molar-refractivity contribution in [1.82, 2.24) is 19.6 Å². The van der Waals surface area contributed by atoms with Crippen LogP contribution in [-0.2, 0) is 17.9 Å². The molecule has 8 nitrogen and oxygen atoms in total. The van der Waals surface area contributed by atoms with Crippen LogP contribution in [0.25, 0.3) is 0 Å². The van der Waals surface area contributed by atoms with Crippen molar-refractivity contribution in [2.24, 2.45) is 5.92 Å². The summed E-state index contributed by atoms with van der Waals surface area (Å²) in [7, 11) is 1.86. The zero-order valence-electron chi connectivity index (χ0n) is 19.1. The summed E-state index contributed by atoms with van der Waals surface area (Å²) in [4.78, 5) is 45.6. The van der Waals surface area contributed by atoms with Crippen LogP contribution in [0.1, 0.15) is 38.4 Å². The molecule has 1 aromatic carbocycles. The molecule has 2 aromatic heterocycles. The third-order valence-corrected chi connectivity index (χ3v) is 7.48. The number of anilines is 1. The van der Waals surface area contributed by atoms with Crippen LogP contribution >= 0.6 is 11.3 Å². The van der Waals surface area contributed by atoms with Gasteiger partial charge in [0.05, 0.1) is 29.9 Å². The number of hydrogen-bond donors (Lipinski definition) is 0. The Balaban J connectivity index is 1.25. The largest absolute Gasteiger partial charge is 0.371 e.